The molecule has 1 N–H and O–H groups in total. The zero-order valence-electron chi connectivity index (χ0n) is 14.8. The van der Waals surface area contributed by atoms with Crippen LogP contribution in [0.4, 0.5) is 0 Å². The first kappa shape index (κ1) is 17.5. The Hall–Kier alpha value is -2.33. The quantitative estimate of drug-likeness (QED) is 0.808. The van der Waals surface area contributed by atoms with Crippen LogP contribution >= 0.6 is 0 Å². The molecule has 1 aliphatic rings. The summed E-state index contributed by atoms with van der Waals surface area (Å²) >= 11 is 0. The summed E-state index contributed by atoms with van der Waals surface area (Å²) in [6, 6.07) is 15.8. The second-order valence-electron chi connectivity index (χ2n) is 6.44. The standard InChI is InChI=1S/C21H26N2O2/c1-25-19-11-9-17(10-12-19)20(23-13-5-2-6-14-23)16-22-15-18-7-3-4-8-21(18)24/h3-4,7-12,15,20,24H,2,5-6,13-14,16H2,1H3/t20-/m1/s1. The van der Waals surface area contributed by atoms with E-state index in [-0.39, 0.29) is 11.8 Å². The summed E-state index contributed by atoms with van der Waals surface area (Å²) in [6.07, 6.45) is 5.58. The minimum absolute atomic E-state index is 0.258. The van der Waals surface area contributed by atoms with E-state index < -0.39 is 0 Å². The van der Waals surface area contributed by atoms with Crippen LogP contribution in [0, 0.1) is 0 Å². The van der Waals surface area contributed by atoms with Gasteiger partial charge in [-0.1, -0.05) is 30.7 Å². The Labute approximate surface area is 149 Å². The van der Waals surface area contributed by atoms with Crippen molar-refractivity contribution >= 4 is 6.21 Å². The number of rotatable bonds is 6. The maximum atomic E-state index is 9.88. The third-order valence-electron chi connectivity index (χ3n) is 4.78. The molecule has 1 atom stereocenters. The van der Waals surface area contributed by atoms with Crippen LogP contribution in [-0.4, -0.2) is 43.0 Å². The van der Waals surface area contributed by atoms with E-state index in [0.717, 1.165) is 24.4 Å². The summed E-state index contributed by atoms with van der Waals surface area (Å²) in [5, 5.41) is 9.88. The van der Waals surface area contributed by atoms with Gasteiger partial charge in [-0.05, 0) is 55.8 Å². The molecular formula is C21H26N2O2. The number of aliphatic imine (C=N–C) groups is 1. The van der Waals surface area contributed by atoms with Crippen LogP contribution in [0.5, 0.6) is 11.5 Å². The first-order valence-corrected chi connectivity index (χ1v) is 8.94. The fraction of sp³-hybridized carbons (Fsp3) is 0.381. The molecule has 0 unspecified atom stereocenters. The summed E-state index contributed by atoms with van der Waals surface area (Å²) in [6.45, 7) is 2.91. The van der Waals surface area contributed by atoms with Crippen LogP contribution in [0.3, 0.4) is 0 Å². The molecule has 1 saturated heterocycles. The number of hydrogen-bond acceptors (Lipinski definition) is 4. The van der Waals surface area contributed by atoms with Gasteiger partial charge in [-0.2, -0.15) is 0 Å². The molecule has 0 radical (unpaired) electrons. The van der Waals surface area contributed by atoms with Gasteiger partial charge >= 0.3 is 0 Å². The molecule has 1 aliphatic heterocycles. The van der Waals surface area contributed by atoms with E-state index in [1.54, 1.807) is 19.4 Å². The minimum Gasteiger partial charge on any atom is -0.507 e. The largest absolute Gasteiger partial charge is 0.507 e. The van der Waals surface area contributed by atoms with Gasteiger partial charge < -0.3 is 9.84 Å². The van der Waals surface area contributed by atoms with Crippen molar-refractivity contribution in [3.05, 3.63) is 59.7 Å². The molecule has 0 bridgehead atoms. The summed E-state index contributed by atoms with van der Waals surface area (Å²) in [4.78, 5) is 7.16. The van der Waals surface area contributed by atoms with Crippen molar-refractivity contribution in [3.8, 4) is 11.5 Å². The van der Waals surface area contributed by atoms with Crippen molar-refractivity contribution in [2.45, 2.75) is 25.3 Å². The number of para-hydroxylation sites is 1. The Kier molecular flexibility index (Phi) is 6.07. The SMILES string of the molecule is COc1ccc([C@@H](CN=Cc2ccccc2O)N2CCCCC2)cc1. The van der Waals surface area contributed by atoms with E-state index in [0.29, 0.717) is 6.54 Å². The lowest BCUT2D eigenvalue weighted by Crippen LogP contribution is -2.35. The smallest absolute Gasteiger partial charge is 0.124 e. The van der Waals surface area contributed by atoms with Gasteiger partial charge in [-0.25, -0.2) is 0 Å². The predicted molar refractivity (Wildman–Crippen MR) is 102 cm³/mol. The van der Waals surface area contributed by atoms with Crippen molar-refractivity contribution in [1.29, 1.82) is 0 Å². The topological polar surface area (TPSA) is 45.1 Å². The third-order valence-corrected chi connectivity index (χ3v) is 4.78. The maximum absolute atomic E-state index is 9.88. The fourth-order valence-electron chi connectivity index (χ4n) is 3.34. The Morgan fingerprint density at radius 3 is 2.48 bits per heavy atom. The van der Waals surface area contributed by atoms with Crippen molar-refractivity contribution in [1.82, 2.24) is 4.90 Å². The number of nitrogens with zero attached hydrogens (tertiary/aromatic N) is 2. The molecule has 1 fully saturated rings. The normalized spacial score (nSPS) is 16.8. The zero-order chi connectivity index (χ0) is 17.5. The molecule has 132 valence electrons. The van der Waals surface area contributed by atoms with E-state index in [1.807, 2.05) is 30.3 Å². The minimum atomic E-state index is 0.258. The Morgan fingerprint density at radius 2 is 1.80 bits per heavy atom. The third kappa shape index (κ3) is 4.60. The number of benzene rings is 2. The Morgan fingerprint density at radius 1 is 1.08 bits per heavy atom. The van der Waals surface area contributed by atoms with E-state index >= 15 is 0 Å². The van der Waals surface area contributed by atoms with Crippen molar-refractivity contribution in [2.24, 2.45) is 4.99 Å². The van der Waals surface area contributed by atoms with Gasteiger partial charge in [0.2, 0.25) is 0 Å². The van der Waals surface area contributed by atoms with Crippen LogP contribution in [0.2, 0.25) is 0 Å². The highest BCUT2D eigenvalue weighted by Gasteiger charge is 2.21. The fourth-order valence-corrected chi connectivity index (χ4v) is 3.34. The first-order chi connectivity index (χ1) is 12.3. The van der Waals surface area contributed by atoms with E-state index in [9.17, 15) is 5.11 Å². The summed E-state index contributed by atoms with van der Waals surface area (Å²) in [5.41, 5.74) is 2.02. The van der Waals surface area contributed by atoms with Crippen LogP contribution < -0.4 is 4.74 Å². The van der Waals surface area contributed by atoms with Gasteiger partial charge in [0.05, 0.1) is 19.7 Å². The van der Waals surface area contributed by atoms with Gasteiger partial charge in [0.1, 0.15) is 11.5 Å². The van der Waals surface area contributed by atoms with Gasteiger partial charge in [0, 0.05) is 11.8 Å². The van der Waals surface area contributed by atoms with Crippen molar-refractivity contribution in [2.75, 3.05) is 26.7 Å². The molecule has 4 nitrogen and oxygen atoms in total. The average molecular weight is 338 g/mol. The van der Waals surface area contributed by atoms with Gasteiger partial charge in [0.25, 0.3) is 0 Å². The Balaban J connectivity index is 1.77. The highest BCUT2D eigenvalue weighted by atomic mass is 16.5. The lowest BCUT2D eigenvalue weighted by atomic mass is 10.0. The monoisotopic (exact) mass is 338 g/mol. The molecule has 0 saturated carbocycles. The zero-order valence-corrected chi connectivity index (χ0v) is 14.8. The number of hydrogen-bond donors (Lipinski definition) is 1. The van der Waals surface area contributed by atoms with Gasteiger partial charge in [0.15, 0.2) is 0 Å². The van der Waals surface area contributed by atoms with Crippen molar-refractivity contribution in [3.63, 3.8) is 0 Å². The van der Waals surface area contributed by atoms with Crippen LogP contribution in [0.1, 0.15) is 36.4 Å². The van der Waals surface area contributed by atoms with Crippen LogP contribution in [-0.2, 0) is 0 Å². The van der Waals surface area contributed by atoms with E-state index in [1.165, 1.54) is 24.8 Å². The number of ether oxygens (including phenoxy) is 1. The molecule has 0 spiro atoms. The van der Waals surface area contributed by atoms with Gasteiger partial charge in [-0.15, -0.1) is 0 Å². The van der Waals surface area contributed by atoms with Crippen LogP contribution in [0.15, 0.2) is 53.5 Å². The average Bonchev–Trinajstić information content (AvgIpc) is 2.67. The van der Waals surface area contributed by atoms with Gasteiger partial charge in [-0.3, -0.25) is 9.89 Å². The molecule has 2 aromatic rings. The number of aromatic hydroxyl groups is 1. The number of piperidine rings is 1. The lowest BCUT2D eigenvalue weighted by Gasteiger charge is -2.34. The molecule has 25 heavy (non-hydrogen) atoms. The number of likely N-dealkylation sites (tertiary alicyclic amines) is 1. The molecule has 0 aromatic heterocycles. The second kappa shape index (κ2) is 8.67. The highest BCUT2D eigenvalue weighted by Crippen LogP contribution is 2.26. The first-order valence-electron chi connectivity index (χ1n) is 8.94. The molecule has 0 aliphatic carbocycles. The number of phenols is 1. The second-order valence-corrected chi connectivity index (χ2v) is 6.44. The molecule has 3 rings (SSSR count). The highest BCUT2D eigenvalue weighted by molar-refractivity contribution is 5.83. The number of methoxy groups -OCH3 is 1. The Bertz CT molecular complexity index is 691. The maximum Gasteiger partial charge on any atom is 0.124 e. The predicted octanol–water partition coefficient (Wildman–Crippen LogP) is 4.05. The van der Waals surface area contributed by atoms with E-state index in [4.69, 9.17) is 4.74 Å². The van der Waals surface area contributed by atoms with E-state index in [2.05, 4.69) is 22.0 Å². The molecule has 1 heterocycles. The summed E-state index contributed by atoms with van der Waals surface area (Å²) < 4.78 is 5.28. The van der Waals surface area contributed by atoms with Crippen LogP contribution in [0.25, 0.3) is 0 Å². The lowest BCUT2D eigenvalue weighted by molar-refractivity contribution is 0.168. The number of phenolic OH excluding ortho intramolecular Hbond substituents is 1. The molecule has 4 heteroatoms. The molecule has 0 amide bonds. The van der Waals surface area contributed by atoms with Crippen molar-refractivity contribution < 1.29 is 9.84 Å². The summed E-state index contributed by atoms with van der Waals surface area (Å²) in [5.74, 6) is 1.14. The summed E-state index contributed by atoms with van der Waals surface area (Å²) in [7, 11) is 1.69. The molecular weight excluding hydrogens is 312 g/mol. The molecule has 2 aromatic carbocycles.